The SMILES string of the molecule is N[C@H](CF)[C@H](O)c1ccccc1. The van der Waals surface area contributed by atoms with Crippen LogP contribution in [0.5, 0.6) is 0 Å². The van der Waals surface area contributed by atoms with Crippen LogP contribution in [0.25, 0.3) is 0 Å². The van der Waals surface area contributed by atoms with E-state index in [1.807, 2.05) is 6.07 Å². The van der Waals surface area contributed by atoms with Crippen molar-refractivity contribution in [2.24, 2.45) is 5.73 Å². The van der Waals surface area contributed by atoms with Gasteiger partial charge in [0.2, 0.25) is 0 Å². The van der Waals surface area contributed by atoms with Crippen molar-refractivity contribution in [2.75, 3.05) is 6.67 Å². The number of aliphatic hydroxyl groups is 1. The first-order valence-corrected chi connectivity index (χ1v) is 3.80. The maximum atomic E-state index is 12.0. The third-order valence-electron chi connectivity index (χ3n) is 1.72. The fourth-order valence-corrected chi connectivity index (χ4v) is 0.982. The Labute approximate surface area is 70.8 Å². The van der Waals surface area contributed by atoms with E-state index in [1.54, 1.807) is 24.3 Å². The number of nitrogens with two attached hydrogens (primary N) is 1. The van der Waals surface area contributed by atoms with Crippen molar-refractivity contribution in [3.8, 4) is 0 Å². The monoisotopic (exact) mass is 169 g/mol. The van der Waals surface area contributed by atoms with E-state index in [-0.39, 0.29) is 0 Å². The Kier molecular flexibility index (Phi) is 3.19. The Bertz CT molecular complexity index is 227. The third kappa shape index (κ3) is 2.03. The molecule has 66 valence electrons. The maximum Gasteiger partial charge on any atom is 0.107 e. The van der Waals surface area contributed by atoms with Gasteiger partial charge in [-0.05, 0) is 5.56 Å². The molecule has 1 aromatic carbocycles. The van der Waals surface area contributed by atoms with Gasteiger partial charge in [0.1, 0.15) is 6.67 Å². The Hall–Kier alpha value is -0.930. The molecular weight excluding hydrogens is 157 g/mol. The van der Waals surface area contributed by atoms with Gasteiger partial charge >= 0.3 is 0 Å². The molecule has 1 rings (SSSR count). The van der Waals surface area contributed by atoms with E-state index in [0.29, 0.717) is 5.56 Å². The number of hydrogen-bond acceptors (Lipinski definition) is 2. The first-order chi connectivity index (χ1) is 5.75. The van der Waals surface area contributed by atoms with E-state index in [2.05, 4.69) is 0 Å². The summed E-state index contributed by atoms with van der Waals surface area (Å²) in [5, 5.41) is 9.42. The van der Waals surface area contributed by atoms with Gasteiger partial charge in [-0.15, -0.1) is 0 Å². The van der Waals surface area contributed by atoms with Crippen molar-refractivity contribution in [3.63, 3.8) is 0 Å². The molecule has 0 spiro atoms. The van der Waals surface area contributed by atoms with Crippen LogP contribution in [0.15, 0.2) is 30.3 Å². The predicted octanol–water partition coefficient (Wildman–Crippen LogP) is 1.02. The molecule has 0 aliphatic rings. The van der Waals surface area contributed by atoms with E-state index in [0.717, 1.165) is 0 Å². The molecule has 2 atom stereocenters. The summed E-state index contributed by atoms with van der Waals surface area (Å²) in [5.74, 6) is 0. The first kappa shape index (κ1) is 9.16. The fourth-order valence-electron chi connectivity index (χ4n) is 0.982. The summed E-state index contributed by atoms with van der Waals surface area (Å²) in [5.41, 5.74) is 5.98. The summed E-state index contributed by atoms with van der Waals surface area (Å²) in [6.45, 7) is -0.712. The van der Waals surface area contributed by atoms with Gasteiger partial charge in [0.05, 0.1) is 12.1 Å². The van der Waals surface area contributed by atoms with Crippen LogP contribution in [-0.4, -0.2) is 17.8 Å². The summed E-state index contributed by atoms with van der Waals surface area (Å²) in [6.07, 6.45) is -0.906. The van der Waals surface area contributed by atoms with Crippen molar-refractivity contribution in [2.45, 2.75) is 12.1 Å². The van der Waals surface area contributed by atoms with Crippen molar-refractivity contribution in [1.82, 2.24) is 0 Å². The summed E-state index contributed by atoms with van der Waals surface area (Å²) in [6, 6.07) is 8.01. The number of aliphatic hydroxyl groups excluding tert-OH is 1. The average Bonchev–Trinajstić information content (AvgIpc) is 2.17. The van der Waals surface area contributed by atoms with Crippen LogP contribution in [0.4, 0.5) is 4.39 Å². The molecule has 3 N–H and O–H groups in total. The molecule has 0 amide bonds. The van der Waals surface area contributed by atoms with Gasteiger partial charge in [-0.25, -0.2) is 4.39 Å². The van der Waals surface area contributed by atoms with Crippen LogP contribution in [0, 0.1) is 0 Å². The molecule has 0 fully saturated rings. The topological polar surface area (TPSA) is 46.2 Å². The molecule has 0 radical (unpaired) electrons. The molecule has 0 aliphatic carbocycles. The minimum Gasteiger partial charge on any atom is -0.387 e. The van der Waals surface area contributed by atoms with Crippen molar-refractivity contribution < 1.29 is 9.50 Å². The normalized spacial score (nSPS) is 15.6. The van der Waals surface area contributed by atoms with Gasteiger partial charge in [-0.3, -0.25) is 0 Å². The highest BCUT2D eigenvalue weighted by atomic mass is 19.1. The van der Waals surface area contributed by atoms with E-state index < -0.39 is 18.8 Å². The summed E-state index contributed by atoms with van der Waals surface area (Å²) < 4.78 is 12.0. The lowest BCUT2D eigenvalue weighted by Gasteiger charge is -2.15. The van der Waals surface area contributed by atoms with Crippen LogP contribution in [0.1, 0.15) is 11.7 Å². The summed E-state index contributed by atoms with van der Waals surface area (Å²) in [4.78, 5) is 0. The molecule has 12 heavy (non-hydrogen) atoms. The van der Waals surface area contributed by atoms with Crippen LogP contribution in [0.3, 0.4) is 0 Å². The van der Waals surface area contributed by atoms with Crippen molar-refractivity contribution in [3.05, 3.63) is 35.9 Å². The standard InChI is InChI=1S/C9H12FNO/c10-6-8(11)9(12)7-4-2-1-3-5-7/h1-5,8-9,12H,6,11H2/t8-,9-/m1/s1. The smallest absolute Gasteiger partial charge is 0.107 e. The van der Waals surface area contributed by atoms with E-state index >= 15 is 0 Å². The number of hydrogen-bond donors (Lipinski definition) is 2. The Morgan fingerprint density at radius 2 is 1.92 bits per heavy atom. The van der Waals surface area contributed by atoms with Crippen LogP contribution >= 0.6 is 0 Å². The lowest BCUT2D eigenvalue weighted by molar-refractivity contribution is 0.132. The molecule has 0 aromatic heterocycles. The lowest BCUT2D eigenvalue weighted by atomic mass is 10.0. The average molecular weight is 169 g/mol. The molecule has 0 unspecified atom stereocenters. The van der Waals surface area contributed by atoms with Gasteiger partial charge in [0.15, 0.2) is 0 Å². The van der Waals surface area contributed by atoms with E-state index in [9.17, 15) is 9.50 Å². The molecule has 2 nitrogen and oxygen atoms in total. The first-order valence-electron chi connectivity index (χ1n) is 3.80. The molecular formula is C9H12FNO. The van der Waals surface area contributed by atoms with Gasteiger partial charge in [-0.1, -0.05) is 30.3 Å². The highest BCUT2D eigenvalue weighted by molar-refractivity contribution is 5.18. The quantitative estimate of drug-likeness (QED) is 0.709. The van der Waals surface area contributed by atoms with E-state index in [1.165, 1.54) is 0 Å². The Balaban J connectivity index is 2.71. The van der Waals surface area contributed by atoms with Gasteiger partial charge in [-0.2, -0.15) is 0 Å². The Morgan fingerprint density at radius 1 is 1.33 bits per heavy atom. The zero-order chi connectivity index (χ0) is 8.97. The van der Waals surface area contributed by atoms with Crippen LogP contribution in [0.2, 0.25) is 0 Å². The fraction of sp³-hybridized carbons (Fsp3) is 0.333. The summed E-state index contributed by atoms with van der Waals surface area (Å²) >= 11 is 0. The number of alkyl halides is 1. The van der Waals surface area contributed by atoms with E-state index in [4.69, 9.17) is 5.73 Å². The summed E-state index contributed by atoms with van der Waals surface area (Å²) in [7, 11) is 0. The van der Waals surface area contributed by atoms with Gasteiger partial charge in [0.25, 0.3) is 0 Å². The molecule has 0 saturated heterocycles. The van der Waals surface area contributed by atoms with Crippen LogP contribution in [-0.2, 0) is 0 Å². The third-order valence-corrected chi connectivity index (χ3v) is 1.72. The predicted molar refractivity (Wildman–Crippen MR) is 45.4 cm³/mol. The largest absolute Gasteiger partial charge is 0.387 e. The van der Waals surface area contributed by atoms with Crippen molar-refractivity contribution >= 4 is 0 Å². The second-order valence-corrected chi connectivity index (χ2v) is 2.67. The van der Waals surface area contributed by atoms with Crippen molar-refractivity contribution in [1.29, 1.82) is 0 Å². The second kappa shape index (κ2) is 4.18. The zero-order valence-corrected chi connectivity index (χ0v) is 6.65. The minimum absolute atomic E-state index is 0.655. The molecule has 0 aliphatic heterocycles. The molecule has 0 saturated carbocycles. The number of halogens is 1. The van der Waals surface area contributed by atoms with Gasteiger partial charge in [0, 0.05) is 0 Å². The lowest BCUT2D eigenvalue weighted by Crippen LogP contribution is -2.30. The highest BCUT2D eigenvalue weighted by Gasteiger charge is 2.15. The molecule has 1 aromatic rings. The Morgan fingerprint density at radius 3 is 2.42 bits per heavy atom. The molecule has 3 heteroatoms. The van der Waals surface area contributed by atoms with Crippen LogP contribution < -0.4 is 5.73 Å². The highest BCUT2D eigenvalue weighted by Crippen LogP contribution is 2.14. The second-order valence-electron chi connectivity index (χ2n) is 2.67. The maximum absolute atomic E-state index is 12.0. The number of benzene rings is 1. The van der Waals surface area contributed by atoms with Gasteiger partial charge < -0.3 is 10.8 Å². The minimum atomic E-state index is -0.906. The zero-order valence-electron chi connectivity index (χ0n) is 6.65. The molecule has 0 bridgehead atoms. The number of rotatable bonds is 3. The molecule has 0 heterocycles.